The first-order valence-electron chi connectivity index (χ1n) is 6.28. The number of nitrogens with one attached hydrogen (secondary N) is 1. The van der Waals surface area contributed by atoms with Gasteiger partial charge in [-0.15, -0.1) is 0 Å². The molecular formula is C13H19BrN2O3. The van der Waals surface area contributed by atoms with Crippen LogP contribution in [0.1, 0.15) is 32.6 Å². The summed E-state index contributed by atoms with van der Waals surface area (Å²) in [5.41, 5.74) is -0.814. The zero-order chi connectivity index (χ0) is 14.3. The van der Waals surface area contributed by atoms with Gasteiger partial charge in [-0.05, 0) is 53.7 Å². The molecule has 0 aliphatic rings. The van der Waals surface area contributed by atoms with Gasteiger partial charge < -0.3 is 15.5 Å². The highest BCUT2D eigenvalue weighted by atomic mass is 79.9. The molecule has 1 atom stereocenters. The van der Waals surface area contributed by atoms with Gasteiger partial charge in [0, 0.05) is 18.5 Å². The van der Waals surface area contributed by atoms with Crippen LogP contribution in [-0.4, -0.2) is 33.3 Å². The van der Waals surface area contributed by atoms with E-state index in [1.807, 2.05) is 0 Å². The van der Waals surface area contributed by atoms with Gasteiger partial charge in [0.15, 0.2) is 0 Å². The van der Waals surface area contributed by atoms with Gasteiger partial charge in [-0.2, -0.15) is 0 Å². The number of aromatic nitrogens is 1. The molecule has 106 valence electrons. The van der Waals surface area contributed by atoms with Crippen LogP contribution in [0.2, 0.25) is 0 Å². The van der Waals surface area contributed by atoms with E-state index in [2.05, 4.69) is 26.2 Å². The number of hydrogen-bond donors (Lipinski definition) is 3. The molecule has 0 radical (unpaired) electrons. The topological polar surface area (TPSA) is 82.5 Å². The van der Waals surface area contributed by atoms with E-state index in [-0.39, 0.29) is 6.61 Å². The molecule has 1 aromatic heterocycles. The van der Waals surface area contributed by atoms with Crippen LogP contribution in [-0.2, 0) is 4.79 Å². The van der Waals surface area contributed by atoms with E-state index in [4.69, 9.17) is 5.11 Å². The van der Waals surface area contributed by atoms with Gasteiger partial charge in [-0.25, -0.2) is 4.98 Å². The fourth-order valence-corrected chi connectivity index (χ4v) is 2.07. The van der Waals surface area contributed by atoms with Crippen molar-refractivity contribution >= 4 is 27.5 Å². The number of unbranched alkanes of at least 4 members (excludes halogenated alkanes) is 1. The van der Waals surface area contributed by atoms with Crippen molar-refractivity contribution in [3.63, 3.8) is 0 Å². The Hall–Kier alpha value is -0.980. The molecule has 1 aromatic rings. The summed E-state index contributed by atoms with van der Waals surface area (Å²) >= 11 is 3.22. The normalized spacial score (nSPS) is 13.9. The van der Waals surface area contributed by atoms with Crippen LogP contribution in [0.25, 0.3) is 0 Å². The van der Waals surface area contributed by atoms with Crippen molar-refractivity contribution in [2.24, 2.45) is 0 Å². The zero-order valence-corrected chi connectivity index (χ0v) is 12.5. The maximum Gasteiger partial charge on any atom is 0.256 e. The molecular weight excluding hydrogens is 312 g/mol. The number of hydrogen-bond acceptors (Lipinski definition) is 4. The average molecular weight is 331 g/mol. The third kappa shape index (κ3) is 4.89. The molecule has 0 saturated carbocycles. The second-order valence-corrected chi connectivity index (χ2v) is 5.20. The number of pyridine rings is 1. The van der Waals surface area contributed by atoms with Gasteiger partial charge in [0.05, 0.1) is 0 Å². The smallest absolute Gasteiger partial charge is 0.256 e. The highest BCUT2D eigenvalue weighted by molar-refractivity contribution is 9.10. The second kappa shape index (κ2) is 7.57. The summed E-state index contributed by atoms with van der Waals surface area (Å²) in [4.78, 5) is 16.1. The standard InChI is InChI=1S/C13H19BrN2O3/c1-2-13(19,6-3-4-8-17)12(18)16-10-5-7-15-11(14)9-10/h5,7,9,17,19H,2-4,6,8H2,1H3,(H,15,16,18). The summed E-state index contributed by atoms with van der Waals surface area (Å²) in [5, 5.41) is 21.8. The summed E-state index contributed by atoms with van der Waals surface area (Å²) in [5.74, 6) is -0.425. The van der Waals surface area contributed by atoms with Crippen molar-refractivity contribution in [3.8, 4) is 0 Å². The summed E-state index contributed by atoms with van der Waals surface area (Å²) in [6, 6.07) is 3.33. The minimum Gasteiger partial charge on any atom is -0.396 e. The molecule has 1 amide bonds. The Morgan fingerprint density at radius 3 is 2.84 bits per heavy atom. The van der Waals surface area contributed by atoms with Crippen molar-refractivity contribution in [2.75, 3.05) is 11.9 Å². The summed E-state index contributed by atoms with van der Waals surface area (Å²) in [6.07, 6.45) is 3.42. The number of anilines is 1. The average Bonchev–Trinajstić information content (AvgIpc) is 2.38. The van der Waals surface area contributed by atoms with Crippen molar-refractivity contribution in [1.29, 1.82) is 0 Å². The predicted octanol–water partition coefficient (Wildman–Crippen LogP) is 2.09. The molecule has 0 fully saturated rings. The number of nitrogens with zero attached hydrogens (tertiary/aromatic N) is 1. The van der Waals surface area contributed by atoms with E-state index >= 15 is 0 Å². The van der Waals surface area contributed by atoms with Crippen LogP contribution in [0.5, 0.6) is 0 Å². The molecule has 1 unspecified atom stereocenters. The lowest BCUT2D eigenvalue weighted by Gasteiger charge is -2.25. The molecule has 1 heterocycles. The highest BCUT2D eigenvalue weighted by Gasteiger charge is 2.33. The summed E-state index contributed by atoms with van der Waals surface area (Å²) in [7, 11) is 0. The molecule has 0 aromatic carbocycles. The fraction of sp³-hybridized carbons (Fsp3) is 0.538. The van der Waals surface area contributed by atoms with Gasteiger partial charge in [-0.1, -0.05) is 6.92 Å². The van der Waals surface area contributed by atoms with E-state index < -0.39 is 11.5 Å². The van der Waals surface area contributed by atoms with Crippen molar-refractivity contribution in [1.82, 2.24) is 4.98 Å². The highest BCUT2D eigenvalue weighted by Crippen LogP contribution is 2.21. The first-order valence-corrected chi connectivity index (χ1v) is 7.07. The maximum absolute atomic E-state index is 12.1. The van der Waals surface area contributed by atoms with Crippen molar-refractivity contribution in [2.45, 2.75) is 38.2 Å². The quantitative estimate of drug-likeness (QED) is 0.528. The molecule has 5 nitrogen and oxygen atoms in total. The first kappa shape index (κ1) is 16.1. The SMILES string of the molecule is CCC(O)(CCCCO)C(=O)Nc1ccnc(Br)c1. The third-order valence-electron chi connectivity index (χ3n) is 2.99. The van der Waals surface area contributed by atoms with E-state index in [9.17, 15) is 9.90 Å². The first-order chi connectivity index (χ1) is 9.01. The molecule has 1 rings (SSSR count). The van der Waals surface area contributed by atoms with Crippen LogP contribution in [0.15, 0.2) is 22.9 Å². The lowest BCUT2D eigenvalue weighted by atomic mass is 9.92. The monoisotopic (exact) mass is 330 g/mol. The van der Waals surface area contributed by atoms with E-state index in [1.54, 1.807) is 25.3 Å². The van der Waals surface area contributed by atoms with Crippen molar-refractivity contribution in [3.05, 3.63) is 22.9 Å². The van der Waals surface area contributed by atoms with E-state index in [1.165, 1.54) is 0 Å². The predicted molar refractivity (Wildman–Crippen MR) is 76.7 cm³/mol. The summed E-state index contributed by atoms with van der Waals surface area (Å²) in [6.45, 7) is 1.83. The zero-order valence-electron chi connectivity index (χ0n) is 10.9. The fourth-order valence-electron chi connectivity index (χ4n) is 1.71. The number of amides is 1. The molecule has 3 N–H and O–H groups in total. The Morgan fingerprint density at radius 1 is 1.53 bits per heavy atom. The number of aliphatic hydroxyl groups excluding tert-OH is 1. The molecule has 0 aliphatic carbocycles. The Bertz CT molecular complexity index is 428. The van der Waals surface area contributed by atoms with Crippen molar-refractivity contribution < 1.29 is 15.0 Å². The van der Waals surface area contributed by atoms with Gasteiger partial charge >= 0.3 is 0 Å². The summed E-state index contributed by atoms with van der Waals surface area (Å²) < 4.78 is 0.616. The van der Waals surface area contributed by atoms with Crippen LogP contribution in [0.4, 0.5) is 5.69 Å². The van der Waals surface area contributed by atoms with Crippen LogP contribution in [0.3, 0.4) is 0 Å². The molecule has 0 aliphatic heterocycles. The minimum absolute atomic E-state index is 0.0682. The Balaban J connectivity index is 2.67. The molecule has 6 heteroatoms. The van der Waals surface area contributed by atoms with E-state index in [0.717, 1.165) is 0 Å². The Kier molecular flexibility index (Phi) is 6.41. The van der Waals surface area contributed by atoms with Gasteiger partial charge in [-0.3, -0.25) is 4.79 Å². The third-order valence-corrected chi connectivity index (χ3v) is 3.42. The van der Waals surface area contributed by atoms with Gasteiger partial charge in [0.2, 0.25) is 0 Å². The van der Waals surface area contributed by atoms with Crippen LogP contribution < -0.4 is 5.32 Å². The number of aliphatic hydroxyl groups is 2. The van der Waals surface area contributed by atoms with Gasteiger partial charge in [0.25, 0.3) is 5.91 Å². The lowest BCUT2D eigenvalue weighted by Crippen LogP contribution is -2.42. The molecule has 0 bridgehead atoms. The Labute approximate surface area is 121 Å². The number of rotatable bonds is 7. The lowest BCUT2D eigenvalue weighted by molar-refractivity contribution is -0.135. The van der Waals surface area contributed by atoms with Crippen LogP contribution in [0, 0.1) is 0 Å². The number of halogens is 1. The maximum atomic E-state index is 12.1. The number of carbonyl (C=O) groups is 1. The van der Waals surface area contributed by atoms with E-state index in [0.29, 0.717) is 36.0 Å². The largest absolute Gasteiger partial charge is 0.396 e. The van der Waals surface area contributed by atoms with Crippen LogP contribution >= 0.6 is 15.9 Å². The molecule has 19 heavy (non-hydrogen) atoms. The van der Waals surface area contributed by atoms with Gasteiger partial charge in [0.1, 0.15) is 10.2 Å². The minimum atomic E-state index is -1.40. The molecule has 0 spiro atoms. The Morgan fingerprint density at radius 2 is 2.26 bits per heavy atom. The second-order valence-electron chi connectivity index (χ2n) is 4.39. The number of carbonyl (C=O) groups excluding carboxylic acids is 1. The molecule has 0 saturated heterocycles.